The van der Waals surface area contributed by atoms with Gasteiger partial charge in [0.2, 0.25) is 0 Å². The minimum Gasteiger partial charge on any atom is -0.308 e. The van der Waals surface area contributed by atoms with Crippen molar-refractivity contribution < 1.29 is 0 Å². The summed E-state index contributed by atoms with van der Waals surface area (Å²) in [4.78, 5) is 0. The third kappa shape index (κ3) is 2.41. The van der Waals surface area contributed by atoms with Gasteiger partial charge in [-0.25, -0.2) is 0 Å². The lowest BCUT2D eigenvalue weighted by Gasteiger charge is -2.19. The fourth-order valence-corrected chi connectivity index (χ4v) is 2.65. The molecule has 0 radical (unpaired) electrons. The summed E-state index contributed by atoms with van der Waals surface area (Å²) < 4.78 is 0. The fourth-order valence-electron chi connectivity index (χ4n) is 2.26. The van der Waals surface area contributed by atoms with Gasteiger partial charge in [0, 0.05) is 6.04 Å². The molecule has 1 aromatic rings. The second kappa shape index (κ2) is 5.20. The Labute approximate surface area is 103 Å². The topological polar surface area (TPSA) is 12.0 Å². The van der Waals surface area contributed by atoms with Crippen molar-refractivity contribution >= 4 is 11.6 Å². The first-order valence-electron chi connectivity index (χ1n) is 6.17. The number of benzene rings is 1. The first kappa shape index (κ1) is 11.9. The Hall–Kier alpha value is -0.530. The molecule has 1 aliphatic rings. The van der Waals surface area contributed by atoms with Crippen molar-refractivity contribution in [3.05, 3.63) is 35.4 Å². The predicted molar refractivity (Wildman–Crippen MR) is 70.0 cm³/mol. The van der Waals surface area contributed by atoms with Crippen LogP contribution < -0.4 is 5.32 Å². The zero-order valence-corrected chi connectivity index (χ0v) is 10.8. The molecule has 0 amide bonds. The molecule has 0 saturated carbocycles. The summed E-state index contributed by atoms with van der Waals surface area (Å²) in [6, 6.07) is 8.93. The van der Waals surface area contributed by atoms with Gasteiger partial charge in [-0.2, -0.15) is 0 Å². The minimum absolute atomic E-state index is 0.210. The Kier molecular flexibility index (Phi) is 3.88. The highest BCUT2D eigenvalue weighted by Crippen LogP contribution is 2.34. The van der Waals surface area contributed by atoms with Crippen molar-refractivity contribution in [3.63, 3.8) is 0 Å². The average molecular weight is 238 g/mol. The molecule has 88 valence electrons. The smallest absolute Gasteiger partial charge is 0.0571 e. The van der Waals surface area contributed by atoms with Gasteiger partial charge in [0.05, 0.1) is 5.38 Å². The SMILES string of the molecule is CCC(C)CNC1c2ccccc2CC1Cl. The van der Waals surface area contributed by atoms with E-state index in [9.17, 15) is 0 Å². The first-order valence-corrected chi connectivity index (χ1v) is 6.61. The summed E-state index contributed by atoms with van der Waals surface area (Å²) in [7, 11) is 0. The van der Waals surface area contributed by atoms with Crippen LogP contribution in [0.4, 0.5) is 0 Å². The molecule has 3 unspecified atom stereocenters. The van der Waals surface area contributed by atoms with E-state index in [2.05, 4.69) is 43.4 Å². The van der Waals surface area contributed by atoms with Crippen LogP contribution in [-0.4, -0.2) is 11.9 Å². The van der Waals surface area contributed by atoms with E-state index < -0.39 is 0 Å². The number of halogens is 1. The molecule has 0 fully saturated rings. The molecule has 0 aliphatic heterocycles. The Morgan fingerprint density at radius 1 is 1.44 bits per heavy atom. The standard InChI is InChI=1S/C14H20ClN/c1-3-10(2)9-16-14-12-7-5-4-6-11(12)8-13(14)15/h4-7,10,13-14,16H,3,8-9H2,1-2H3. The summed E-state index contributed by atoms with van der Waals surface area (Å²) >= 11 is 6.41. The minimum atomic E-state index is 0.210. The van der Waals surface area contributed by atoms with Crippen molar-refractivity contribution in [1.29, 1.82) is 0 Å². The number of fused-ring (bicyclic) bond motifs is 1. The fraction of sp³-hybridized carbons (Fsp3) is 0.571. The lowest BCUT2D eigenvalue weighted by atomic mass is 10.1. The quantitative estimate of drug-likeness (QED) is 0.791. The Balaban J connectivity index is 2.04. The monoisotopic (exact) mass is 237 g/mol. The summed E-state index contributed by atoms with van der Waals surface area (Å²) in [5.74, 6) is 0.719. The second-order valence-corrected chi connectivity index (χ2v) is 5.38. The van der Waals surface area contributed by atoms with Crippen LogP contribution in [0.15, 0.2) is 24.3 Å². The zero-order chi connectivity index (χ0) is 11.5. The Morgan fingerprint density at radius 2 is 2.19 bits per heavy atom. The number of hydrogen-bond donors (Lipinski definition) is 1. The van der Waals surface area contributed by atoms with Crippen LogP contribution in [0.25, 0.3) is 0 Å². The van der Waals surface area contributed by atoms with Gasteiger partial charge in [-0.3, -0.25) is 0 Å². The Bertz CT molecular complexity index is 350. The average Bonchev–Trinajstić information content (AvgIpc) is 2.62. The van der Waals surface area contributed by atoms with Gasteiger partial charge in [-0.15, -0.1) is 11.6 Å². The molecule has 0 heterocycles. The van der Waals surface area contributed by atoms with E-state index in [1.54, 1.807) is 0 Å². The maximum atomic E-state index is 6.41. The third-order valence-electron chi connectivity index (χ3n) is 3.55. The van der Waals surface area contributed by atoms with Crippen LogP contribution in [0.3, 0.4) is 0 Å². The third-order valence-corrected chi connectivity index (χ3v) is 3.96. The summed E-state index contributed by atoms with van der Waals surface area (Å²) in [5, 5.41) is 3.82. The molecule has 0 saturated heterocycles. The highest BCUT2D eigenvalue weighted by atomic mass is 35.5. The van der Waals surface area contributed by atoms with Crippen LogP contribution in [-0.2, 0) is 6.42 Å². The molecule has 3 atom stereocenters. The molecule has 2 heteroatoms. The molecule has 1 nitrogen and oxygen atoms in total. The van der Waals surface area contributed by atoms with E-state index in [0.29, 0.717) is 6.04 Å². The van der Waals surface area contributed by atoms with E-state index >= 15 is 0 Å². The first-order chi connectivity index (χ1) is 7.72. The van der Waals surface area contributed by atoms with Gasteiger partial charge in [0.15, 0.2) is 0 Å². The molecule has 2 rings (SSSR count). The van der Waals surface area contributed by atoms with Crippen LogP contribution in [0.5, 0.6) is 0 Å². The van der Waals surface area contributed by atoms with Crippen molar-refractivity contribution in [2.75, 3.05) is 6.54 Å². The number of nitrogens with one attached hydrogen (secondary N) is 1. The van der Waals surface area contributed by atoms with Crippen molar-refractivity contribution in [2.24, 2.45) is 5.92 Å². The zero-order valence-electron chi connectivity index (χ0n) is 10.0. The molecule has 0 aromatic heterocycles. The number of alkyl halides is 1. The lowest BCUT2D eigenvalue weighted by Crippen LogP contribution is -2.29. The summed E-state index contributed by atoms with van der Waals surface area (Å²) in [5.41, 5.74) is 2.80. The van der Waals surface area contributed by atoms with Crippen LogP contribution in [0.2, 0.25) is 0 Å². The second-order valence-electron chi connectivity index (χ2n) is 4.82. The summed E-state index contributed by atoms with van der Waals surface area (Å²) in [6.07, 6.45) is 2.21. The molecule has 1 aliphatic carbocycles. The van der Waals surface area contributed by atoms with Crippen molar-refractivity contribution in [1.82, 2.24) is 5.32 Å². The van der Waals surface area contributed by atoms with E-state index in [4.69, 9.17) is 11.6 Å². The predicted octanol–water partition coefficient (Wildman–Crippen LogP) is 3.53. The van der Waals surface area contributed by atoms with E-state index in [-0.39, 0.29) is 5.38 Å². The highest BCUT2D eigenvalue weighted by molar-refractivity contribution is 6.21. The number of rotatable bonds is 4. The molecular weight excluding hydrogens is 218 g/mol. The van der Waals surface area contributed by atoms with Gasteiger partial charge in [-0.05, 0) is 30.0 Å². The van der Waals surface area contributed by atoms with Gasteiger partial charge in [0.1, 0.15) is 0 Å². The van der Waals surface area contributed by atoms with Crippen LogP contribution >= 0.6 is 11.6 Å². The largest absolute Gasteiger partial charge is 0.308 e. The van der Waals surface area contributed by atoms with Crippen molar-refractivity contribution in [2.45, 2.75) is 38.1 Å². The molecule has 1 aromatic carbocycles. The van der Waals surface area contributed by atoms with Crippen LogP contribution in [0.1, 0.15) is 37.4 Å². The van der Waals surface area contributed by atoms with Gasteiger partial charge >= 0.3 is 0 Å². The molecule has 0 spiro atoms. The molecule has 16 heavy (non-hydrogen) atoms. The maximum Gasteiger partial charge on any atom is 0.0571 e. The van der Waals surface area contributed by atoms with E-state index in [1.807, 2.05) is 0 Å². The van der Waals surface area contributed by atoms with Crippen LogP contribution in [0, 0.1) is 5.92 Å². The van der Waals surface area contributed by atoms with Gasteiger partial charge < -0.3 is 5.32 Å². The normalized spacial score (nSPS) is 25.4. The molecular formula is C14H20ClN. The lowest BCUT2D eigenvalue weighted by molar-refractivity contribution is 0.446. The van der Waals surface area contributed by atoms with Gasteiger partial charge in [0.25, 0.3) is 0 Å². The molecule has 1 N–H and O–H groups in total. The van der Waals surface area contributed by atoms with E-state index in [1.165, 1.54) is 17.5 Å². The molecule has 0 bridgehead atoms. The highest BCUT2D eigenvalue weighted by Gasteiger charge is 2.30. The number of hydrogen-bond acceptors (Lipinski definition) is 1. The summed E-state index contributed by atoms with van der Waals surface area (Å²) in [6.45, 7) is 5.56. The Morgan fingerprint density at radius 3 is 2.94 bits per heavy atom. The van der Waals surface area contributed by atoms with Gasteiger partial charge in [-0.1, -0.05) is 44.5 Å². The van der Waals surface area contributed by atoms with E-state index in [0.717, 1.165) is 18.9 Å². The maximum absolute atomic E-state index is 6.41. The van der Waals surface area contributed by atoms with Crippen molar-refractivity contribution in [3.8, 4) is 0 Å².